The van der Waals surface area contributed by atoms with E-state index >= 15 is 0 Å². The maximum atomic E-state index is 11.8. The molecule has 2 aromatic rings. The number of esters is 1. The zero-order valence-electron chi connectivity index (χ0n) is 13.6. The van der Waals surface area contributed by atoms with E-state index in [0.717, 1.165) is 5.56 Å². The van der Waals surface area contributed by atoms with Crippen LogP contribution in [0.5, 0.6) is 0 Å². The number of furan rings is 1. The number of carbonyl (C=O) groups is 3. The van der Waals surface area contributed by atoms with Crippen molar-refractivity contribution in [3.8, 4) is 0 Å². The highest BCUT2D eigenvalue weighted by Gasteiger charge is 2.12. The molecule has 0 saturated heterocycles. The van der Waals surface area contributed by atoms with Gasteiger partial charge in [-0.1, -0.05) is 12.1 Å². The second kappa shape index (κ2) is 9.24. The smallest absolute Gasteiger partial charge is 0.338 e. The molecule has 0 fully saturated rings. The lowest BCUT2D eigenvalue weighted by Crippen LogP contribution is -2.41. The third kappa shape index (κ3) is 6.11. The molecule has 0 aliphatic rings. The Labute approximate surface area is 144 Å². The van der Waals surface area contributed by atoms with Crippen LogP contribution in [0.4, 0.5) is 4.79 Å². The van der Waals surface area contributed by atoms with Gasteiger partial charge in [-0.3, -0.25) is 10.1 Å². The van der Waals surface area contributed by atoms with E-state index in [0.29, 0.717) is 17.9 Å². The lowest BCUT2D eigenvalue weighted by molar-refractivity contribution is -0.123. The van der Waals surface area contributed by atoms with E-state index in [9.17, 15) is 14.4 Å². The van der Waals surface area contributed by atoms with Crippen LogP contribution in [0.2, 0.25) is 0 Å². The lowest BCUT2D eigenvalue weighted by Gasteiger charge is -2.07. The number of methoxy groups -OCH3 is 1. The van der Waals surface area contributed by atoms with Gasteiger partial charge in [-0.05, 0) is 29.8 Å². The zero-order valence-corrected chi connectivity index (χ0v) is 13.6. The van der Waals surface area contributed by atoms with Crippen molar-refractivity contribution in [2.75, 3.05) is 13.7 Å². The second-order valence-electron chi connectivity index (χ2n) is 5.02. The van der Waals surface area contributed by atoms with Crippen molar-refractivity contribution in [2.24, 2.45) is 0 Å². The predicted octanol–water partition coefficient (Wildman–Crippen LogP) is 1.61. The number of urea groups is 1. The van der Waals surface area contributed by atoms with Gasteiger partial charge >= 0.3 is 12.0 Å². The van der Waals surface area contributed by atoms with Crippen LogP contribution in [0.1, 0.15) is 21.7 Å². The molecule has 0 unspecified atom stereocenters. The minimum atomic E-state index is -0.735. The van der Waals surface area contributed by atoms with Gasteiger partial charge in [0, 0.05) is 7.11 Å². The molecule has 0 aliphatic carbocycles. The first-order valence-electron chi connectivity index (χ1n) is 7.43. The molecule has 2 N–H and O–H groups in total. The van der Waals surface area contributed by atoms with Gasteiger partial charge in [0.2, 0.25) is 0 Å². The number of imide groups is 1. The van der Waals surface area contributed by atoms with Crippen LogP contribution < -0.4 is 10.6 Å². The fourth-order valence-electron chi connectivity index (χ4n) is 1.91. The molecule has 132 valence electrons. The molecule has 1 heterocycles. The quantitative estimate of drug-likeness (QED) is 0.738. The Bertz CT molecular complexity index is 709. The summed E-state index contributed by atoms with van der Waals surface area (Å²) in [4.78, 5) is 35.0. The molecule has 8 nitrogen and oxygen atoms in total. The Morgan fingerprint density at radius 2 is 1.88 bits per heavy atom. The van der Waals surface area contributed by atoms with Crippen molar-refractivity contribution in [2.45, 2.75) is 13.2 Å². The number of nitrogens with one attached hydrogen (secondary N) is 2. The van der Waals surface area contributed by atoms with E-state index in [4.69, 9.17) is 13.9 Å². The molecular weight excluding hydrogens is 328 g/mol. The topological polar surface area (TPSA) is 107 Å². The first kappa shape index (κ1) is 18.2. The van der Waals surface area contributed by atoms with Crippen molar-refractivity contribution < 1.29 is 28.3 Å². The van der Waals surface area contributed by atoms with Crippen LogP contribution in [-0.2, 0) is 27.4 Å². The lowest BCUT2D eigenvalue weighted by atomic mass is 10.1. The fraction of sp³-hybridized carbons (Fsp3) is 0.235. The van der Waals surface area contributed by atoms with Crippen LogP contribution in [0.15, 0.2) is 47.1 Å². The van der Waals surface area contributed by atoms with Gasteiger partial charge in [0.05, 0.1) is 25.0 Å². The number of hydrogen-bond donors (Lipinski definition) is 2. The van der Waals surface area contributed by atoms with Gasteiger partial charge in [0.25, 0.3) is 5.91 Å². The molecule has 0 bridgehead atoms. The first-order valence-corrected chi connectivity index (χ1v) is 7.43. The van der Waals surface area contributed by atoms with E-state index in [-0.39, 0.29) is 6.54 Å². The zero-order chi connectivity index (χ0) is 18.1. The van der Waals surface area contributed by atoms with Crippen LogP contribution in [-0.4, -0.2) is 31.6 Å². The van der Waals surface area contributed by atoms with Gasteiger partial charge in [-0.25, -0.2) is 9.59 Å². The molecule has 0 atom stereocenters. The summed E-state index contributed by atoms with van der Waals surface area (Å²) in [5, 5.41) is 4.49. The van der Waals surface area contributed by atoms with Crippen molar-refractivity contribution in [1.29, 1.82) is 0 Å². The maximum Gasteiger partial charge on any atom is 0.338 e. The standard InChI is InChI=1S/C17H18N2O6/c1-23-10-12-4-6-13(7-5-12)16(21)25-11-15(20)19-17(22)18-9-14-3-2-8-24-14/h2-8H,9-11H2,1H3,(H2,18,19,20,22). The van der Waals surface area contributed by atoms with E-state index < -0.39 is 24.5 Å². The molecule has 1 aromatic heterocycles. The summed E-state index contributed by atoms with van der Waals surface area (Å²) in [6.07, 6.45) is 1.47. The first-order chi connectivity index (χ1) is 12.1. The van der Waals surface area contributed by atoms with Crippen LogP contribution in [0, 0.1) is 0 Å². The number of carbonyl (C=O) groups excluding carboxylic acids is 3. The molecule has 2 rings (SSSR count). The van der Waals surface area contributed by atoms with E-state index in [1.54, 1.807) is 43.5 Å². The number of ether oxygens (including phenoxy) is 2. The highest BCUT2D eigenvalue weighted by molar-refractivity contribution is 5.96. The molecule has 8 heteroatoms. The fourth-order valence-corrected chi connectivity index (χ4v) is 1.91. The van der Waals surface area contributed by atoms with Gasteiger partial charge in [0.1, 0.15) is 5.76 Å². The van der Waals surface area contributed by atoms with Crippen LogP contribution >= 0.6 is 0 Å². The van der Waals surface area contributed by atoms with Crippen molar-refractivity contribution in [3.63, 3.8) is 0 Å². The molecule has 25 heavy (non-hydrogen) atoms. The average molecular weight is 346 g/mol. The maximum absolute atomic E-state index is 11.8. The third-order valence-electron chi connectivity index (χ3n) is 3.09. The average Bonchev–Trinajstić information content (AvgIpc) is 3.12. The number of hydrogen-bond acceptors (Lipinski definition) is 6. The molecule has 3 amide bonds. The van der Waals surface area contributed by atoms with Gasteiger partial charge < -0.3 is 19.2 Å². The SMILES string of the molecule is COCc1ccc(C(=O)OCC(=O)NC(=O)NCc2ccco2)cc1. The monoisotopic (exact) mass is 346 g/mol. The summed E-state index contributed by atoms with van der Waals surface area (Å²) in [6, 6.07) is 9.25. The molecular formula is C17H18N2O6. The van der Waals surface area contributed by atoms with Crippen LogP contribution in [0.25, 0.3) is 0 Å². The Kier molecular flexibility index (Phi) is 6.73. The summed E-state index contributed by atoms with van der Waals surface area (Å²) in [5.41, 5.74) is 1.21. The van der Waals surface area contributed by atoms with Gasteiger partial charge in [-0.2, -0.15) is 0 Å². The van der Waals surface area contributed by atoms with Gasteiger partial charge in [-0.15, -0.1) is 0 Å². The molecule has 1 aromatic carbocycles. The summed E-state index contributed by atoms with van der Waals surface area (Å²) in [6.45, 7) is 0.0113. The minimum absolute atomic E-state index is 0.139. The minimum Gasteiger partial charge on any atom is -0.467 e. The highest BCUT2D eigenvalue weighted by Crippen LogP contribution is 2.07. The summed E-state index contributed by atoms with van der Waals surface area (Å²) < 4.78 is 14.9. The van der Waals surface area contributed by atoms with Gasteiger partial charge in [0.15, 0.2) is 6.61 Å². The highest BCUT2D eigenvalue weighted by atomic mass is 16.5. The number of benzene rings is 1. The van der Waals surface area contributed by atoms with E-state index in [1.807, 2.05) is 0 Å². The number of rotatable bonds is 7. The predicted molar refractivity (Wildman–Crippen MR) is 86.5 cm³/mol. The normalized spacial score (nSPS) is 10.1. The molecule has 0 radical (unpaired) electrons. The summed E-state index contributed by atoms with van der Waals surface area (Å²) in [5.74, 6) is -0.845. The van der Waals surface area contributed by atoms with Crippen LogP contribution in [0.3, 0.4) is 0 Å². The molecule has 0 aliphatic heterocycles. The number of amides is 3. The van der Waals surface area contributed by atoms with Crippen molar-refractivity contribution >= 4 is 17.9 Å². The van der Waals surface area contributed by atoms with Crippen molar-refractivity contribution in [1.82, 2.24) is 10.6 Å². The molecule has 0 saturated carbocycles. The summed E-state index contributed by atoms with van der Waals surface area (Å²) >= 11 is 0. The largest absolute Gasteiger partial charge is 0.467 e. The Morgan fingerprint density at radius 1 is 1.12 bits per heavy atom. The molecule has 0 spiro atoms. The Balaban J connectivity index is 1.71. The van der Waals surface area contributed by atoms with E-state index in [1.165, 1.54) is 6.26 Å². The van der Waals surface area contributed by atoms with E-state index in [2.05, 4.69) is 10.6 Å². The Hall–Kier alpha value is -3.13. The van der Waals surface area contributed by atoms with Crippen molar-refractivity contribution in [3.05, 3.63) is 59.5 Å². The third-order valence-corrected chi connectivity index (χ3v) is 3.09. The Morgan fingerprint density at radius 3 is 2.52 bits per heavy atom. The summed E-state index contributed by atoms with van der Waals surface area (Å²) in [7, 11) is 1.57. The second-order valence-corrected chi connectivity index (χ2v) is 5.02.